The Morgan fingerprint density at radius 1 is 1.38 bits per heavy atom. The normalized spacial score (nSPS) is 13.5. The van der Waals surface area contributed by atoms with E-state index in [4.69, 9.17) is 5.73 Å². The average molecular weight is 229 g/mol. The molecule has 0 aromatic heterocycles. The van der Waals surface area contributed by atoms with Crippen LogP contribution in [0.1, 0.15) is 30.0 Å². The van der Waals surface area contributed by atoms with Crippen molar-refractivity contribution in [3.05, 3.63) is 48.0 Å². The third-order valence-corrected chi connectivity index (χ3v) is 2.32. The van der Waals surface area contributed by atoms with E-state index in [9.17, 15) is 13.2 Å². The molecule has 0 amide bonds. The van der Waals surface area contributed by atoms with Crippen molar-refractivity contribution in [2.24, 2.45) is 5.73 Å². The highest BCUT2D eigenvalue weighted by Gasteiger charge is 2.30. The SMILES string of the molecule is C=CCCC(N)c1cccc(C(F)(F)F)c1. The summed E-state index contributed by atoms with van der Waals surface area (Å²) in [6, 6.07) is 4.77. The first-order valence-electron chi connectivity index (χ1n) is 4.99. The summed E-state index contributed by atoms with van der Waals surface area (Å²) in [5.74, 6) is 0. The topological polar surface area (TPSA) is 26.0 Å². The monoisotopic (exact) mass is 229 g/mol. The van der Waals surface area contributed by atoms with E-state index in [1.807, 2.05) is 0 Å². The fourth-order valence-electron chi connectivity index (χ4n) is 1.41. The Kier molecular flexibility index (Phi) is 4.12. The molecule has 4 heteroatoms. The molecule has 16 heavy (non-hydrogen) atoms. The Balaban J connectivity index is 2.85. The highest BCUT2D eigenvalue weighted by molar-refractivity contribution is 5.27. The fourth-order valence-corrected chi connectivity index (χ4v) is 1.41. The number of rotatable bonds is 4. The maximum Gasteiger partial charge on any atom is 0.416 e. The molecule has 0 radical (unpaired) electrons. The van der Waals surface area contributed by atoms with Crippen molar-refractivity contribution in [3.63, 3.8) is 0 Å². The van der Waals surface area contributed by atoms with Crippen LogP contribution in [0.15, 0.2) is 36.9 Å². The molecule has 1 aromatic rings. The number of hydrogen-bond donors (Lipinski definition) is 1. The third-order valence-electron chi connectivity index (χ3n) is 2.32. The smallest absolute Gasteiger partial charge is 0.324 e. The van der Waals surface area contributed by atoms with Crippen molar-refractivity contribution in [3.8, 4) is 0 Å². The van der Waals surface area contributed by atoms with Crippen LogP contribution in [0.3, 0.4) is 0 Å². The van der Waals surface area contributed by atoms with Crippen molar-refractivity contribution < 1.29 is 13.2 Å². The zero-order chi connectivity index (χ0) is 12.2. The van der Waals surface area contributed by atoms with Gasteiger partial charge in [0.1, 0.15) is 0 Å². The third kappa shape index (κ3) is 3.38. The van der Waals surface area contributed by atoms with Gasteiger partial charge in [0.15, 0.2) is 0 Å². The van der Waals surface area contributed by atoms with Crippen LogP contribution in [-0.2, 0) is 6.18 Å². The molecule has 0 aliphatic rings. The van der Waals surface area contributed by atoms with E-state index in [1.54, 1.807) is 12.1 Å². The summed E-state index contributed by atoms with van der Waals surface area (Å²) < 4.78 is 37.3. The minimum Gasteiger partial charge on any atom is -0.324 e. The summed E-state index contributed by atoms with van der Waals surface area (Å²) in [4.78, 5) is 0. The van der Waals surface area contributed by atoms with Crippen molar-refractivity contribution >= 4 is 0 Å². The standard InChI is InChI=1S/C12H14F3N/c1-2-3-7-11(16)9-5-4-6-10(8-9)12(13,14)15/h2,4-6,8,11H,1,3,7,16H2. The highest BCUT2D eigenvalue weighted by atomic mass is 19.4. The quantitative estimate of drug-likeness (QED) is 0.783. The maximum atomic E-state index is 12.4. The maximum absolute atomic E-state index is 12.4. The van der Waals surface area contributed by atoms with E-state index >= 15 is 0 Å². The summed E-state index contributed by atoms with van der Waals surface area (Å²) in [6.07, 6.45) is -1.32. The first-order chi connectivity index (χ1) is 7.45. The molecule has 0 bridgehead atoms. The molecule has 0 aliphatic heterocycles. The second kappa shape index (κ2) is 5.16. The lowest BCUT2D eigenvalue weighted by molar-refractivity contribution is -0.137. The number of allylic oxidation sites excluding steroid dienone is 1. The van der Waals surface area contributed by atoms with Gasteiger partial charge in [-0.25, -0.2) is 0 Å². The molecule has 0 saturated carbocycles. The van der Waals surface area contributed by atoms with Gasteiger partial charge in [0.25, 0.3) is 0 Å². The van der Waals surface area contributed by atoms with Gasteiger partial charge in [0.05, 0.1) is 5.56 Å². The van der Waals surface area contributed by atoms with Gasteiger partial charge in [-0.3, -0.25) is 0 Å². The van der Waals surface area contributed by atoms with Gasteiger partial charge in [-0.05, 0) is 30.5 Å². The summed E-state index contributed by atoms with van der Waals surface area (Å²) in [5.41, 5.74) is 5.64. The Morgan fingerprint density at radius 3 is 2.62 bits per heavy atom. The lowest BCUT2D eigenvalue weighted by Gasteiger charge is -2.13. The molecule has 1 unspecified atom stereocenters. The second-order valence-electron chi connectivity index (χ2n) is 3.60. The molecule has 2 N–H and O–H groups in total. The van der Waals surface area contributed by atoms with Gasteiger partial charge in [-0.2, -0.15) is 13.2 Å². The Bertz CT molecular complexity index is 358. The van der Waals surface area contributed by atoms with Crippen molar-refractivity contribution in [1.82, 2.24) is 0 Å². The van der Waals surface area contributed by atoms with Crippen LogP contribution in [0.25, 0.3) is 0 Å². The van der Waals surface area contributed by atoms with E-state index < -0.39 is 11.7 Å². The zero-order valence-corrected chi connectivity index (χ0v) is 8.80. The molecule has 1 atom stereocenters. The molecule has 0 saturated heterocycles. The molecule has 0 heterocycles. The average Bonchev–Trinajstić information content (AvgIpc) is 2.25. The van der Waals surface area contributed by atoms with E-state index in [0.717, 1.165) is 12.1 Å². The fraction of sp³-hybridized carbons (Fsp3) is 0.333. The predicted octanol–water partition coefficient (Wildman–Crippen LogP) is 3.67. The van der Waals surface area contributed by atoms with Crippen LogP contribution < -0.4 is 5.73 Å². The van der Waals surface area contributed by atoms with Crippen LogP contribution in [0.2, 0.25) is 0 Å². The number of benzene rings is 1. The molecule has 88 valence electrons. The minimum atomic E-state index is -4.31. The Labute approximate surface area is 92.8 Å². The van der Waals surface area contributed by atoms with Crippen LogP contribution in [0.5, 0.6) is 0 Å². The van der Waals surface area contributed by atoms with Crippen LogP contribution >= 0.6 is 0 Å². The molecule has 0 fully saturated rings. The number of halogens is 3. The molecular weight excluding hydrogens is 215 g/mol. The lowest BCUT2D eigenvalue weighted by Crippen LogP contribution is -2.12. The van der Waals surface area contributed by atoms with E-state index in [0.29, 0.717) is 18.4 Å². The highest BCUT2D eigenvalue weighted by Crippen LogP contribution is 2.30. The van der Waals surface area contributed by atoms with Gasteiger partial charge in [-0.15, -0.1) is 6.58 Å². The Hall–Kier alpha value is -1.29. The molecule has 0 spiro atoms. The van der Waals surface area contributed by atoms with E-state index in [1.165, 1.54) is 6.07 Å². The lowest BCUT2D eigenvalue weighted by atomic mass is 10.0. The summed E-state index contributed by atoms with van der Waals surface area (Å²) >= 11 is 0. The van der Waals surface area contributed by atoms with Gasteiger partial charge >= 0.3 is 6.18 Å². The first-order valence-corrected chi connectivity index (χ1v) is 4.99. The number of nitrogens with two attached hydrogens (primary N) is 1. The van der Waals surface area contributed by atoms with Gasteiger partial charge < -0.3 is 5.73 Å². The summed E-state index contributed by atoms with van der Waals surface area (Å²) in [7, 11) is 0. The first kappa shape index (κ1) is 12.8. The van der Waals surface area contributed by atoms with Gasteiger partial charge in [-0.1, -0.05) is 18.2 Å². The van der Waals surface area contributed by atoms with Crippen molar-refractivity contribution in [2.75, 3.05) is 0 Å². The summed E-state index contributed by atoms with van der Waals surface area (Å²) in [5, 5.41) is 0. The molecule has 1 aromatic carbocycles. The van der Waals surface area contributed by atoms with Crippen molar-refractivity contribution in [2.45, 2.75) is 25.1 Å². The van der Waals surface area contributed by atoms with Crippen LogP contribution in [0.4, 0.5) is 13.2 Å². The van der Waals surface area contributed by atoms with Gasteiger partial charge in [0, 0.05) is 6.04 Å². The largest absolute Gasteiger partial charge is 0.416 e. The molecule has 0 aliphatic carbocycles. The number of alkyl halides is 3. The van der Waals surface area contributed by atoms with Crippen LogP contribution in [-0.4, -0.2) is 0 Å². The van der Waals surface area contributed by atoms with Gasteiger partial charge in [0.2, 0.25) is 0 Å². The Morgan fingerprint density at radius 2 is 2.06 bits per heavy atom. The minimum absolute atomic E-state index is 0.375. The molecule has 1 rings (SSSR count). The summed E-state index contributed by atoms with van der Waals surface area (Å²) in [6.45, 7) is 3.55. The van der Waals surface area contributed by atoms with Crippen LogP contribution in [0, 0.1) is 0 Å². The molecule has 1 nitrogen and oxygen atoms in total. The van der Waals surface area contributed by atoms with E-state index in [-0.39, 0.29) is 6.04 Å². The molecular formula is C12H14F3N. The predicted molar refractivity (Wildman–Crippen MR) is 57.8 cm³/mol. The van der Waals surface area contributed by atoms with E-state index in [2.05, 4.69) is 6.58 Å². The van der Waals surface area contributed by atoms with Crippen molar-refractivity contribution in [1.29, 1.82) is 0 Å². The second-order valence-corrected chi connectivity index (χ2v) is 3.60. The zero-order valence-electron chi connectivity index (χ0n) is 8.80. The number of hydrogen-bond acceptors (Lipinski definition) is 1.